The molecule has 0 fully saturated rings. The van der Waals surface area contributed by atoms with E-state index >= 15 is 0 Å². The molecule has 0 saturated heterocycles. The zero-order valence-electron chi connectivity index (χ0n) is 11.8. The van der Waals surface area contributed by atoms with Crippen LogP contribution in [0.3, 0.4) is 0 Å². The molecular weight excluding hydrogens is 242 g/mol. The molecule has 1 aromatic rings. The Morgan fingerprint density at radius 3 is 2.63 bits per heavy atom. The van der Waals surface area contributed by atoms with Gasteiger partial charge in [-0.3, -0.25) is 0 Å². The lowest BCUT2D eigenvalue weighted by atomic mass is 9.89. The minimum Gasteiger partial charge on any atom is -0.445 e. The Hall–Kier alpha value is -1.55. The summed E-state index contributed by atoms with van der Waals surface area (Å²) in [5, 5.41) is 12.7. The maximum atomic E-state index is 11.5. The van der Waals surface area contributed by atoms with Crippen LogP contribution in [-0.4, -0.2) is 23.3 Å². The molecule has 0 aliphatic rings. The van der Waals surface area contributed by atoms with E-state index in [1.165, 1.54) is 0 Å². The summed E-state index contributed by atoms with van der Waals surface area (Å²) in [5.74, 6) is 0.113. The molecule has 0 heterocycles. The third kappa shape index (κ3) is 5.30. The molecule has 1 amide bonds. The molecule has 2 atom stereocenters. The first-order valence-corrected chi connectivity index (χ1v) is 6.62. The smallest absolute Gasteiger partial charge is 0.407 e. The topological polar surface area (TPSA) is 58.6 Å². The molecule has 4 nitrogen and oxygen atoms in total. The van der Waals surface area contributed by atoms with Gasteiger partial charge in [0.05, 0.1) is 5.60 Å². The molecule has 0 bridgehead atoms. The first-order chi connectivity index (χ1) is 8.95. The fourth-order valence-corrected chi connectivity index (χ4v) is 1.64. The van der Waals surface area contributed by atoms with Crippen LogP contribution in [0.1, 0.15) is 32.8 Å². The highest BCUT2D eigenvalue weighted by Crippen LogP contribution is 2.18. The Labute approximate surface area is 114 Å². The summed E-state index contributed by atoms with van der Waals surface area (Å²) >= 11 is 0. The van der Waals surface area contributed by atoms with E-state index in [2.05, 4.69) is 5.32 Å². The normalized spacial score (nSPS) is 15.4. The van der Waals surface area contributed by atoms with Gasteiger partial charge in [-0.25, -0.2) is 4.79 Å². The standard InChI is InChI=1S/C15H23NO3/c1-4-12(2)15(3,18)11-16-14(17)19-10-13-8-6-5-7-9-13/h5-9,12,18H,4,10-11H2,1-3H3,(H,16,17). The van der Waals surface area contributed by atoms with E-state index < -0.39 is 11.7 Å². The Morgan fingerprint density at radius 1 is 1.42 bits per heavy atom. The molecule has 0 aromatic heterocycles. The summed E-state index contributed by atoms with van der Waals surface area (Å²) < 4.78 is 5.08. The van der Waals surface area contributed by atoms with Gasteiger partial charge in [-0.2, -0.15) is 0 Å². The molecule has 106 valence electrons. The van der Waals surface area contributed by atoms with E-state index in [4.69, 9.17) is 4.74 Å². The average molecular weight is 265 g/mol. The summed E-state index contributed by atoms with van der Waals surface area (Å²) in [6, 6.07) is 9.48. The number of alkyl carbamates (subject to hydrolysis) is 1. The second-order valence-electron chi connectivity index (χ2n) is 5.08. The summed E-state index contributed by atoms with van der Waals surface area (Å²) in [5.41, 5.74) is 0.0203. The van der Waals surface area contributed by atoms with E-state index in [0.717, 1.165) is 12.0 Å². The van der Waals surface area contributed by atoms with Crippen LogP contribution in [0, 0.1) is 5.92 Å². The van der Waals surface area contributed by atoms with Crippen molar-refractivity contribution in [2.24, 2.45) is 5.92 Å². The fourth-order valence-electron chi connectivity index (χ4n) is 1.64. The third-order valence-electron chi connectivity index (χ3n) is 3.48. The lowest BCUT2D eigenvalue weighted by molar-refractivity contribution is 0.00481. The molecule has 2 N–H and O–H groups in total. The minimum atomic E-state index is -0.916. The highest BCUT2D eigenvalue weighted by molar-refractivity contribution is 5.67. The second-order valence-corrected chi connectivity index (χ2v) is 5.08. The zero-order chi connectivity index (χ0) is 14.3. The molecular formula is C15H23NO3. The van der Waals surface area contributed by atoms with Gasteiger partial charge in [-0.15, -0.1) is 0 Å². The van der Waals surface area contributed by atoms with Crippen molar-refractivity contribution in [1.82, 2.24) is 5.32 Å². The van der Waals surface area contributed by atoms with Crippen molar-refractivity contribution in [3.05, 3.63) is 35.9 Å². The van der Waals surface area contributed by atoms with Crippen LogP contribution in [0.4, 0.5) is 4.79 Å². The lowest BCUT2D eigenvalue weighted by Gasteiger charge is -2.29. The maximum Gasteiger partial charge on any atom is 0.407 e. The van der Waals surface area contributed by atoms with Crippen LogP contribution in [0.5, 0.6) is 0 Å². The average Bonchev–Trinajstić information content (AvgIpc) is 2.43. The molecule has 1 aromatic carbocycles. The van der Waals surface area contributed by atoms with Gasteiger partial charge in [0, 0.05) is 6.54 Å². The SMILES string of the molecule is CCC(C)C(C)(O)CNC(=O)OCc1ccccc1. The number of hydrogen-bond acceptors (Lipinski definition) is 3. The number of carbonyl (C=O) groups excluding carboxylic acids is 1. The van der Waals surface area contributed by atoms with Crippen molar-refractivity contribution >= 4 is 6.09 Å². The van der Waals surface area contributed by atoms with E-state index in [0.29, 0.717) is 0 Å². The van der Waals surface area contributed by atoms with Gasteiger partial charge in [-0.1, -0.05) is 50.6 Å². The fraction of sp³-hybridized carbons (Fsp3) is 0.533. The molecule has 4 heteroatoms. The van der Waals surface area contributed by atoms with Gasteiger partial charge in [-0.05, 0) is 18.4 Å². The Morgan fingerprint density at radius 2 is 2.05 bits per heavy atom. The lowest BCUT2D eigenvalue weighted by Crippen LogP contribution is -2.45. The Balaban J connectivity index is 2.32. The summed E-state index contributed by atoms with van der Waals surface area (Å²) in [6.45, 7) is 6.11. The number of hydrogen-bond donors (Lipinski definition) is 2. The molecule has 0 spiro atoms. The second kappa shape index (κ2) is 7.14. The van der Waals surface area contributed by atoms with Crippen molar-refractivity contribution in [1.29, 1.82) is 0 Å². The summed E-state index contributed by atoms with van der Waals surface area (Å²) in [4.78, 5) is 11.5. The number of rotatable bonds is 6. The van der Waals surface area contributed by atoms with Gasteiger partial charge in [0.1, 0.15) is 6.61 Å². The van der Waals surface area contributed by atoms with Crippen LogP contribution in [-0.2, 0) is 11.3 Å². The molecule has 0 aliphatic heterocycles. The highest BCUT2D eigenvalue weighted by Gasteiger charge is 2.27. The van der Waals surface area contributed by atoms with Crippen LogP contribution in [0.15, 0.2) is 30.3 Å². The summed E-state index contributed by atoms with van der Waals surface area (Å²) in [6.07, 6.45) is 0.348. The first kappa shape index (κ1) is 15.5. The highest BCUT2D eigenvalue weighted by atomic mass is 16.5. The van der Waals surface area contributed by atoms with Gasteiger partial charge >= 0.3 is 6.09 Å². The van der Waals surface area contributed by atoms with Crippen molar-refractivity contribution in [2.45, 2.75) is 39.4 Å². The van der Waals surface area contributed by atoms with Gasteiger partial charge in [0.2, 0.25) is 0 Å². The number of ether oxygens (including phenoxy) is 1. The quantitative estimate of drug-likeness (QED) is 0.831. The number of benzene rings is 1. The maximum absolute atomic E-state index is 11.5. The van der Waals surface area contributed by atoms with Gasteiger partial charge in [0.15, 0.2) is 0 Å². The van der Waals surface area contributed by atoms with Crippen molar-refractivity contribution in [2.75, 3.05) is 6.54 Å². The molecule has 0 aliphatic carbocycles. The van der Waals surface area contributed by atoms with Crippen LogP contribution in [0.25, 0.3) is 0 Å². The number of amides is 1. The predicted molar refractivity (Wildman–Crippen MR) is 74.7 cm³/mol. The van der Waals surface area contributed by atoms with Crippen LogP contribution in [0.2, 0.25) is 0 Å². The van der Waals surface area contributed by atoms with Crippen LogP contribution >= 0.6 is 0 Å². The Kier molecular flexibility index (Phi) is 5.83. The zero-order valence-corrected chi connectivity index (χ0v) is 11.8. The molecule has 2 unspecified atom stereocenters. The summed E-state index contributed by atoms with van der Waals surface area (Å²) in [7, 11) is 0. The largest absolute Gasteiger partial charge is 0.445 e. The molecule has 0 saturated carbocycles. The molecule has 19 heavy (non-hydrogen) atoms. The third-order valence-corrected chi connectivity index (χ3v) is 3.48. The van der Waals surface area contributed by atoms with E-state index in [-0.39, 0.29) is 19.1 Å². The number of aliphatic hydroxyl groups is 1. The van der Waals surface area contributed by atoms with E-state index in [9.17, 15) is 9.90 Å². The van der Waals surface area contributed by atoms with Crippen molar-refractivity contribution in [3.63, 3.8) is 0 Å². The minimum absolute atomic E-state index is 0.113. The van der Waals surface area contributed by atoms with Gasteiger partial charge in [0.25, 0.3) is 0 Å². The predicted octanol–water partition coefficient (Wildman–Crippen LogP) is 2.71. The van der Waals surface area contributed by atoms with Crippen LogP contribution < -0.4 is 5.32 Å². The van der Waals surface area contributed by atoms with E-state index in [1.54, 1.807) is 6.92 Å². The number of nitrogens with one attached hydrogen (secondary N) is 1. The van der Waals surface area contributed by atoms with Gasteiger partial charge < -0.3 is 15.2 Å². The van der Waals surface area contributed by atoms with Crippen molar-refractivity contribution in [3.8, 4) is 0 Å². The molecule has 1 rings (SSSR count). The molecule has 0 radical (unpaired) electrons. The van der Waals surface area contributed by atoms with E-state index in [1.807, 2.05) is 44.2 Å². The first-order valence-electron chi connectivity index (χ1n) is 6.62. The van der Waals surface area contributed by atoms with Crippen molar-refractivity contribution < 1.29 is 14.6 Å². The monoisotopic (exact) mass is 265 g/mol. The Bertz CT molecular complexity index is 390. The number of carbonyl (C=O) groups is 1.